The molecule has 6 heteroatoms. The predicted molar refractivity (Wildman–Crippen MR) is 117 cm³/mol. The molecule has 2 fully saturated rings. The predicted octanol–water partition coefficient (Wildman–Crippen LogP) is 3.12. The summed E-state index contributed by atoms with van der Waals surface area (Å²) in [4.78, 5) is 9.42. The molecule has 1 atom stereocenters. The van der Waals surface area contributed by atoms with Crippen LogP contribution in [0.3, 0.4) is 0 Å². The average Bonchev–Trinajstić information content (AvgIpc) is 2.70. The molecular weight excluding hydrogens is 352 g/mol. The minimum atomic E-state index is 0.317. The SMILES string of the molecule is CN=C(NCCCN(C(C)C)C(C)C)N1CCC(OCC2CCCCO2)CC1. The second kappa shape index (κ2) is 12.7. The highest BCUT2D eigenvalue weighted by atomic mass is 16.5. The van der Waals surface area contributed by atoms with Crippen molar-refractivity contribution in [2.75, 3.05) is 46.4 Å². The Morgan fingerprint density at radius 1 is 1.14 bits per heavy atom. The van der Waals surface area contributed by atoms with Crippen molar-refractivity contribution in [2.24, 2.45) is 4.99 Å². The van der Waals surface area contributed by atoms with Gasteiger partial charge in [-0.15, -0.1) is 0 Å². The zero-order valence-electron chi connectivity index (χ0n) is 19.0. The van der Waals surface area contributed by atoms with Crippen molar-refractivity contribution in [1.82, 2.24) is 15.1 Å². The second-order valence-electron chi connectivity index (χ2n) is 8.76. The highest BCUT2D eigenvalue weighted by Gasteiger charge is 2.23. The number of ether oxygens (including phenoxy) is 2. The molecule has 0 amide bonds. The van der Waals surface area contributed by atoms with Crippen LogP contribution in [-0.4, -0.2) is 86.5 Å². The minimum absolute atomic E-state index is 0.317. The number of guanidine groups is 1. The van der Waals surface area contributed by atoms with E-state index < -0.39 is 0 Å². The van der Waals surface area contributed by atoms with Crippen molar-refractivity contribution in [1.29, 1.82) is 0 Å². The monoisotopic (exact) mass is 396 g/mol. The van der Waals surface area contributed by atoms with E-state index in [-0.39, 0.29) is 0 Å². The summed E-state index contributed by atoms with van der Waals surface area (Å²) < 4.78 is 11.9. The number of nitrogens with one attached hydrogen (secondary N) is 1. The Morgan fingerprint density at radius 3 is 2.43 bits per heavy atom. The van der Waals surface area contributed by atoms with E-state index in [0.29, 0.717) is 24.3 Å². The lowest BCUT2D eigenvalue weighted by Gasteiger charge is -2.35. The molecule has 0 radical (unpaired) electrons. The summed E-state index contributed by atoms with van der Waals surface area (Å²) in [6.07, 6.45) is 7.60. The van der Waals surface area contributed by atoms with Crippen molar-refractivity contribution < 1.29 is 9.47 Å². The third kappa shape index (κ3) is 7.88. The van der Waals surface area contributed by atoms with E-state index in [2.05, 4.69) is 47.8 Å². The van der Waals surface area contributed by atoms with Crippen LogP contribution in [0.5, 0.6) is 0 Å². The Kier molecular flexibility index (Phi) is 10.6. The first-order valence-corrected chi connectivity index (χ1v) is 11.5. The van der Waals surface area contributed by atoms with Crippen molar-refractivity contribution in [3.8, 4) is 0 Å². The summed E-state index contributed by atoms with van der Waals surface area (Å²) in [5.74, 6) is 1.04. The minimum Gasteiger partial charge on any atom is -0.376 e. The molecule has 2 aliphatic heterocycles. The summed E-state index contributed by atoms with van der Waals surface area (Å²) in [5, 5.41) is 3.56. The molecule has 0 bridgehead atoms. The zero-order chi connectivity index (χ0) is 20.4. The molecule has 0 saturated carbocycles. The van der Waals surface area contributed by atoms with E-state index in [0.717, 1.165) is 71.0 Å². The zero-order valence-corrected chi connectivity index (χ0v) is 19.0. The van der Waals surface area contributed by atoms with Crippen molar-refractivity contribution in [3.63, 3.8) is 0 Å². The quantitative estimate of drug-likeness (QED) is 0.369. The van der Waals surface area contributed by atoms with Crippen LogP contribution in [0.15, 0.2) is 4.99 Å². The molecule has 1 unspecified atom stereocenters. The first-order chi connectivity index (χ1) is 13.5. The molecular formula is C22H44N4O2. The number of hydrogen-bond acceptors (Lipinski definition) is 4. The fourth-order valence-electron chi connectivity index (χ4n) is 4.32. The Hall–Kier alpha value is -0.850. The standard InChI is InChI=1S/C22H44N4O2/c1-18(2)26(19(3)4)13-8-12-24-22(23-5)25-14-10-20(11-15-25)28-17-21-9-6-7-16-27-21/h18-21H,6-17H2,1-5H3,(H,23,24). The smallest absolute Gasteiger partial charge is 0.193 e. The number of rotatable bonds is 9. The molecule has 28 heavy (non-hydrogen) atoms. The highest BCUT2D eigenvalue weighted by Crippen LogP contribution is 2.18. The Morgan fingerprint density at radius 2 is 1.86 bits per heavy atom. The lowest BCUT2D eigenvalue weighted by molar-refractivity contribution is -0.0721. The van der Waals surface area contributed by atoms with E-state index in [4.69, 9.17) is 9.47 Å². The van der Waals surface area contributed by atoms with Crippen LogP contribution >= 0.6 is 0 Å². The van der Waals surface area contributed by atoms with E-state index in [1.165, 1.54) is 12.8 Å². The van der Waals surface area contributed by atoms with E-state index >= 15 is 0 Å². The third-order valence-electron chi connectivity index (χ3n) is 5.95. The third-order valence-corrected chi connectivity index (χ3v) is 5.95. The summed E-state index contributed by atoms with van der Waals surface area (Å²) in [5.41, 5.74) is 0. The van der Waals surface area contributed by atoms with Crippen molar-refractivity contribution >= 4 is 5.96 Å². The Labute approximate surface area is 173 Å². The van der Waals surface area contributed by atoms with Gasteiger partial charge >= 0.3 is 0 Å². The maximum atomic E-state index is 6.14. The summed E-state index contributed by atoms with van der Waals surface area (Å²) in [7, 11) is 1.89. The molecule has 2 aliphatic rings. The molecule has 6 nitrogen and oxygen atoms in total. The number of hydrogen-bond donors (Lipinski definition) is 1. The molecule has 2 saturated heterocycles. The van der Waals surface area contributed by atoms with Crippen molar-refractivity contribution in [2.45, 2.75) is 90.5 Å². The lowest BCUT2D eigenvalue weighted by atomic mass is 10.1. The van der Waals surface area contributed by atoms with Crippen LogP contribution < -0.4 is 5.32 Å². The first-order valence-electron chi connectivity index (χ1n) is 11.5. The maximum Gasteiger partial charge on any atom is 0.193 e. The summed E-state index contributed by atoms with van der Waals surface area (Å²) in [6, 6.07) is 1.19. The normalized spacial score (nSPS) is 22.5. The number of nitrogens with zero attached hydrogens (tertiary/aromatic N) is 3. The van der Waals surface area contributed by atoms with Crippen LogP contribution in [0.4, 0.5) is 0 Å². The molecule has 0 aromatic heterocycles. The largest absolute Gasteiger partial charge is 0.376 e. The van der Waals surface area contributed by atoms with Gasteiger partial charge in [0.05, 0.1) is 18.8 Å². The van der Waals surface area contributed by atoms with Gasteiger partial charge in [-0.05, 0) is 66.2 Å². The maximum absolute atomic E-state index is 6.14. The highest BCUT2D eigenvalue weighted by molar-refractivity contribution is 5.79. The summed E-state index contributed by atoms with van der Waals surface area (Å²) >= 11 is 0. The lowest BCUT2D eigenvalue weighted by Crippen LogP contribution is -2.48. The van der Waals surface area contributed by atoms with E-state index in [9.17, 15) is 0 Å². The van der Waals surface area contributed by atoms with E-state index in [1.54, 1.807) is 0 Å². The van der Waals surface area contributed by atoms with Gasteiger partial charge in [-0.25, -0.2) is 0 Å². The fourth-order valence-corrected chi connectivity index (χ4v) is 4.32. The Balaban J connectivity index is 1.63. The van der Waals surface area contributed by atoms with Gasteiger partial charge in [-0.1, -0.05) is 0 Å². The Bertz CT molecular complexity index is 434. The van der Waals surface area contributed by atoms with Gasteiger partial charge in [0.25, 0.3) is 0 Å². The molecule has 2 rings (SSSR count). The molecule has 0 spiro atoms. The van der Waals surface area contributed by atoms with E-state index in [1.807, 2.05) is 7.05 Å². The van der Waals surface area contributed by atoms with Gasteiger partial charge in [-0.3, -0.25) is 9.89 Å². The van der Waals surface area contributed by atoms with Crippen LogP contribution in [0.2, 0.25) is 0 Å². The van der Waals surface area contributed by atoms with Gasteiger partial charge in [-0.2, -0.15) is 0 Å². The molecule has 0 aromatic carbocycles. The molecule has 0 aromatic rings. The van der Waals surface area contributed by atoms with Gasteiger partial charge in [0.1, 0.15) is 0 Å². The van der Waals surface area contributed by atoms with Crippen molar-refractivity contribution in [3.05, 3.63) is 0 Å². The topological polar surface area (TPSA) is 49.3 Å². The van der Waals surface area contributed by atoms with Crippen LogP contribution in [0, 0.1) is 0 Å². The fraction of sp³-hybridized carbons (Fsp3) is 0.955. The van der Waals surface area contributed by atoms with Gasteiger partial charge in [0.2, 0.25) is 0 Å². The molecule has 0 aliphatic carbocycles. The molecule has 1 N–H and O–H groups in total. The van der Waals surface area contributed by atoms with Crippen LogP contribution in [0.25, 0.3) is 0 Å². The van der Waals surface area contributed by atoms with Gasteiger partial charge in [0, 0.05) is 51.9 Å². The second-order valence-corrected chi connectivity index (χ2v) is 8.76. The average molecular weight is 397 g/mol. The number of piperidine rings is 1. The van der Waals surface area contributed by atoms with Gasteiger partial charge in [0.15, 0.2) is 5.96 Å². The number of aliphatic imine (C=N–C) groups is 1. The molecule has 2 heterocycles. The number of likely N-dealkylation sites (tertiary alicyclic amines) is 1. The van der Waals surface area contributed by atoms with Gasteiger partial charge < -0.3 is 19.7 Å². The molecule has 164 valence electrons. The first kappa shape index (κ1) is 23.4. The van der Waals surface area contributed by atoms with Crippen LogP contribution in [0.1, 0.15) is 66.2 Å². The van der Waals surface area contributed by atoms with Crippen LogP contribution in [-0.2, 0) is 9.47 Å². The summed E-state index contributed by atoms with van der Waals surface area (Å²) in [6.45, 7) is 14.9.